The monoisotopic (exact) mass is 337 g/mol. The van der Waals surface area contributed by atoms with E-state index < -0.39 is 5.97 Å². The lowest BCUT2D eigenvalue weighted by atomic mass is 10.1. The molecular formula is C16H19NO5S. The molecule has 0 spiro atoms. The van der Waals surface area contributed by atoms with Crippen molar-refractivity contribution in [3.05, 3.63) is 23.8 Å². The van der Waals surface area contributed by atoms with Crippen LogP contribution in [0, 0.1) is 5.92 Å². The molecule has 1 aromatic rings. The third kappa shape index (κ3) is 4.04. The lowest BCUT2D eigenvalue weighted by Crippen LogP contribution is -2.27. The Labute approximate surface area is 139 Å². The lowest BCUT2D eigenvalue weighted by molar-refractivity contribution is -0.117. The van der Waals surface area contributed by atoms with E-state index in [2.05, 4.69) is 0 Å². The summed E-state index contributed by atoms with van der Waals surface area (Å²) in [6.07, 6.45) is 0.359. The molecule has 1 unspecified atom stereocenters. The Morgan fingerprint density at radius 3 is 2.70 bits per heavy atom. The second-order valence-corrected chi connectivity index (χ2v) is 6.45. The van der Waals surface area contributed by atoms with Crippen molar-refractivity contribution in [2.45, 2.75) is 13.3 Å². The van der Waals surface area contributed by atoms with Gasteiger partial charge >= 0.3 is 5.97 Å². The van der Waals surface area contributed by atoms with Crippen molar-refractivity contribution in [1.82, 2.24) is 0 Å². The van der Waals surface area contributed by atoms with Crippen LogP contribution in [0.3, 0.4) is 0 Å². The fraction of sp³-hybridized carbons (Fsp3) is 0.438. The molecule has 1 aromatic carbocycles. The summed E-state index contributed by atoms with van der Waals surface area (Å²) in [7, 11) is 2.82. The number of ether oxygens (including phenoxy) is 2. The van der Waals surface area contributed by atoms with E-state index in [-0.39, 0.29) is 16.9 Å². The summed E-state index contributed by atoms with van der Waals surface area (Å²) in [5.74, 6) is 0.652. The molecule has 0 bridgehead atoms. The molecule has 1 amide bonds. The summed E-state index contributed by atoms with van der Waals surface area (Å²) in [6, 6.07) is 4.90. The van der Waals surface area contributed by atoms with Crippen LogP contribution in [0.5, 0.6) is 5.75 Å². The Morgan fingerprint density at radius 2 is 2.09 bits per heavy atom. The number of benzene rings is 1. The molecule has 1 heterocycles. The molecule has 0 aliphatic carbocycles. The molecule has 2 rings (SSSR count). The van der Waals surface area contributed by atoms with Crippen LogP contribution in [0.1, 0.15) is 23.7 Å². The van der Waals surface area contributed by atoms with Gasteiger partial charge in [-0.1, -0.05) is 11.8 Å². The van der Waals surface area contributed by atoms with E-state index in [1.165, 1.54) is 32.9 Å². The number of esters is 1. The van der Waals surface area contributed by atoms with Gasteiger partial charge in [0, 0.05) is 31.7 Å². The largest absolute Gasteiger partial charge is 0.497 e. The van der Waals surface area contributed by atoms with Crippen molar-refractivity contribution in [2.75, 3.05) is 31.4 Å². The molecule has 1 fully saturated rings. The smallest absolute Gasteiger partial charge is 0.339 e. The zero-order valence-electron chi connectivity index (χ0n) is 13.3. The summed E-state index contributed by atoms with van der Waals surface area (Å²) in [5, 5.41) is 0.0347. The van der Waals surface area contributed by atoms with Gasteiger partial charge in [0.1, 0.15) is 5.75 Å². The molecule has 0 radical (unpaired) electrons. The van der Waals surface area contributed by atoms with Crippen LogP contribution in [0.25, 0.3) is 0 Å². The molecule has 1 aliphatic heterocycles. The number of hydrogen-bond acceptors (Lipinski definition) is 6. The maximum Gasteiger partial charge on any atom is 0.339 e. The summed E-state index contributed by atoms with van der Waals surface area (Å²) >= 11 is 1.22. The van der Waals surface area contributed by atoms with Gasteiger partial charge in [0.15, 0.2) is 5.12 Å². The van der Waals surface area contributed by atoms with Crippen LogP contribution < -0.4 is 9.64 Å². The second kappa shape index (κ2) is 7.50. The molecule has 0 aromatic heterocycles. The van der Waals surface area contributed by atoms with Crippen LogP contribution in [0.15, 0.2) is 18.2 Å². The number of rotatable bonds is 5. The number of thioether (sulfide) groups is 1. The normalized spacial score (nSPS) is 17.3. The second-order valence-electron chi connectivity index (χ2n) is 5.25. The molecule has 23 heavy (non-hydrogen) atoms. The Balaban J connectivity index is 2.27. The predicted octanol–water partition coefficient (Wildman–Crippen LogP) is 2.11. The van der Waals surface area contributed by atoms with Crippen molar-refractivity contribution in [3.8, 4) is 5.75 Å². The van der Waals surface area contributed by atoms with E-state index >= 15 is 0 Å². The number of hydrogen-bond donors (Lipinski definition) is 0. The SMILES string of the molecule is COC(=O)c1ccc(OC)cc1N1CC(CSC(C)=O)CC1=O. The van der Waals surface area contributed by atoms with E-state index in [4.69, 9.17) is 9.47 Å². The highest BCUT2D eigenvalue weighted by Gasteiger charge is 2.33. The van der Waals surface area contributed by atoms with E-state index in [1.807, 2.05) is 0 Å². The van der Waals surface area contributed by atoms with Gasteiger partial charge in [0.2, 0.25) is 5.91 Å². The zero-order valence-corrected chi connectivity index (χ0v) is 14.1. The molecule has 124 valence electrons. The summed E-state index contributed by atoms with van der Waals surface area (Å²) in [6.45, 7) is 1.98. The first-order valence-corrected chi connectivity index (χ1v) is 8.15. The van der Waals surface area contributed by atoms with Gasteiger partial charge in [-0.25, -0.2) is 4.79 Å². The highest BCUT2D eigenvalue weighted by Crippen LogP contribution is 2.32. The number of carbonyl (C=O) groups excluding carboxylic acids is 3. The molecule has 0 N–H and O–H groups in total. The first-order chi connectivity index (χ1) is 11.0. The number of carbonyl (C=O) groups is 3. The first kappa shape index (κ1) is 17.3. The fourth-order valence-electron chi connectivity index (χ4n) is 2.51. The zero-order chi connectivity index (χ0) is 17.0. The molecule has 1 atom stereocenters. The van der Waals surface area contributed by atoms with Gasteiger partial charge in [-0.2, -0.15) is 0 Å². The quantitative estimate of drug-likeness (QED) is 0.766. The highest BCUT2D eigenvalue weighted by atomic mass is 32.2. The van der Waals surface area contributed by atoms with Crippen molar-refractivity contribution in [1.29, 1.82) is 0 Å². The maximum atomic E-state index is 12.3. The minimum absolute atomic E-state index is 0.0347. The third-order valence-corrected chi connectivity index (χ3v) is 4.67. The predicted molar refractivity (Wildman–Crippen MR) is 87.9 cm³/mol. The Hall–Kier alpha value is -2.02. The number of methoxy groups -OCH3 is 2. The summed E-state index contributed by atoms with van der Waals surface area (Å²) < 4.78 is 9.97. The Kier molecular flexibility index (Phi) is 5.65. The molecule has 1 aliphatic rings. The number of anilines is 1. The van der Waals surface area contributed by atoms with Gasteiger partial charge in [-0.05, 0) is 18.1 Å². The van der Waals surface area contributed by atoms with Gasteiger partial charge in [-0.3, -0.25) is 9.59 Å². The van der Waals surface area contributed by atoms with E-state index in [9.17, 15) is 14.4 Å². The average molecular weight is 337 g/mol. The molecule has 0 saturated carbocycles. The van der Waals surface area contributed by atoms with Crippen LogP contribution in [0.2, 0.25) is 0 Å². The molecule has 7 heteroatoms. The Bertz CT molecular complexity index is 631. The molecule has 1 saturated heterocycles. The molecular weight excluding hydrogens is 318 g/mol. The average Bonchev–Trinajstić information content (AvgIpc) is 2.92. The van der Waals surface area contributed by atoms with Crippen molar-refractivity contribution in [2.24, 2.45) is 5.92 Å². The Morgan fingerprint density at radius 1 is 1.35 bits per heavy atom. The van der Waals surface area contributed by atoms with E-state index in [0.29, 0.717) is 35.7 Å². The lowest BCUT2D eigenvalue weighted by Gasteiger charge is -2.20. The first-order valence-electron chi connectivity index (χ1n) is 7.16. The standard InChI is InChI=1S/C16H19NO5S/c1-10(18)23-9-11-6-15(19)17(8-11)14-7-12(21-2)4-5-13(14)16(20)22-3/h4-5,7,11H,6,8-9H2,1-3H3. The van der Waals surface area contributed by atoms with Gasteiger partial charge < -0.3 is 14.4 Å². The van der Waals surface area contributed by atoms with Gasteiger partial charge in [-0.15, -0.1) is 0 Å². The van der Waals surface area contributed by atoms with Gasteiger partial charge in [0.25, 0.3) is 0 Å². The minimum Gasteiger partial charge on any atom is -0.497 e. The number of nitrogens with zero attached hydrogens (tertiary/aromatic N) is 1. The van der Waals surface area contributed by atoms with Crippen molar-refractivity contribution in [3.63, 3.8) is 0 Å². The highest BCUT2D eigenvalue weighted by molar-refractivity contribution is 8.13. The van der Waals surface area contributed by atoms with Crippen molar-refractivity contribution >= 4 is 34.4 Å². The van der Waals surface area contributed by atoms with Crippen molar-refractivity contribution < 1.29 is 23.9 Å². The van der Waals surface area contributed by atoms with E-state index in [0.717, 1.165) is 0 Å². The maximum absolute atomic E-state index is 12.3. The summed E-state index contributed by atoms with van der Waals surface area (Å²) in [5.41, 5.74) is 0.804. The summed E-state index contributed by atoms with van der Waals surface area (Å²) in [4.78, 5) is 36.9. The molecule has 6 nitrogen and oxygen atoms in total. The fourth-order valence-corrected chi connectivity index (χ4v) is 3.20. The third-order valence-electron chi connectivity index (χ3n) is 3.63. The van der Waals surface area contributed by atoms with Crippen LogP contribution >= 0.6 is 11.8 Å². The van der Waals surface area contributed by atoms with E-state index in [1.54, 1.807) is 23.1 Å². The topological polar surface area (TPSA) is 72.9 Å². The van der Waals surface area contributed by atoms with Crippen LogP contribution in [-0.4, -0.2) is 43.5 Å². The minimum atomic E-state index is -0.503. The van der Waals surface area contributed by atoms with Gasteiger partial charge in [0.05, 0.1) is 25.5 Å². The number of amides is 1. The van der Waals surface area contributed by atoms with Crippen LogP contribution in [0.4, 0.5) is 5.69 Å². The van der Waals surface area contributed by atoms with Crippen LogP contribution in [-0.2, 0) is 14.3 Å².